The summed E-state index contributed by atoms with van der Waals surface area (Å²) >= 11 is 0. The highest BCUT2D eigenvalue weighted by Gasteiger charge is 2.19. The third-order valence-electron chi connectivity index (χ3n) is 13.2. The van der Waals surface area contributed by atoms with E-state index in [1.54, 1.807) is 0 Å². The molecule has 0 N–H and O–H groups in total. The number of esters is 3. The summed E-state index contributed by atoms with van der Waals surface area (Å²) in [5, 5.41) is 0. The molecule has 6 nitrogen and oxygen atoms in total. The van der Waals surface area contributed by atoms with Gasteiger partial charge in [-0.2, -0.15) is 0 Å². The van der Waals surface area contributed by atoms with Crippen molar-refractivity contribution in [2.75, 3.05) is 13.2 Å². The molecule has 0 spiro atoms. The van der Waals surface area contributed by atoms with Crippen molar-refractivity contribution in [1.29, 1.82) is 0 Å². The summed E-state index contributed by atoms with van der Waals surface area (Å²) in [6.45, 7) is 6.43. The second-order valence-electron chi connectivity index (χ2n) is 20.6. The normalized spacial score (nSPS) is 12.9. The Morgan fingerprint density at radius 3 is 0.803 bits per heavy atom. The topological polar surface area (TPSA) is 78.9 Å². The number of unbranched alkanes of at least 4 members (excludes halogenated alkanes) is 25. The average Bonchev–Trinajstić information content (AvgIpc) is 3.42. The zero-order chi connectivity index (χ0) is 55.0. The molecule has 0 fully saturated rings. The maximum atomic E-state index is 12.8. The van der Waals surface area contributed by atoms with E-state index in [1.807, 2.05) is 0 Å². The van der Waals surface area contributed by atoms with Gasteiger partial charge in [-0.05, 0) is 96.3 Å². The van der Waals surface area contributed by atoms with Gasteiger partial charge in [-0.25, -0.2) is 0 Å². The van der Waals surface area contributed by atoms with Crippen LogP contribution in [0.15, 0.2) is 122 Å². The molecule has 0 aliphatic heterocycles. The van der Waals surface area contributed by atoms with E-state index < -0.39 is 6.10 Å². The first kappa shape index (κ1) is 71.8. The summed E-state index contributed by atoms with van der Waals surface area (Å²) in [7, 11) is 0. The van der Waals surface area contributed by atoms with E-state index in [4.69, 9.17) is 14.2 Å². The van der Waals surface area contributed by atoms with Crippen LogP contribution in [0.1, 0.15) is 284 Å². The Hall–Kier alpha value is -4.19. The fourth-order valence-electron chi connectivity index (χ4n) is 8.53. The molecule has 0 radical (unpaired) electrons. The standard InChI is InChI=1S/C70H116O6/c1-4-7-10-13-15-17-19-21-23-25-27-28-29-30-31-32-33-34-35-36-37-38-39-40-41-42-43-45-46-48-50-52-54-57-60-63-69(72)75-66-67(65-74-68(71)62-59-56-12-9-6-3)76-70(73)64-61-58-55-53-51-49-47-44-26-24-22-20-18-16-14-11-8-5-2/h7,10,15,17,21,23,27-28,30-31,33-34,36-37,39-40,42-43,46,48,67H,4-6,8-9,11-14,16,18-20,22,24-26,29,32,35,38,41,44-45,47,49-66H2,1-3H3/b10-7-,17-15-,23-21-,28-27-,31-30-,34-33-,37-36-,40-39-,43-42-,48-46-. The summed E-state index contributed by atoms with van der Waals surface area (Å²) in [5.74, 6) is -0.921. The Morgan fingerprint density at radius 2 is 0.513 bits per heavy atom. The van der Waals surface area contributed by atoms with Gasteiger partial charge in [0.15, 0.2) is 6.10 Å². The Balaban J connectivity index is 4.12. The van der Waals surface area contributed by atoms with E-state index in [9.17, 15) is 14.4 Å². The lowest BCUT2D eigenvalue weighted by molar-refractivity contribution is -0.167. The molecule has 6 heteroatoms. The second kappa shape index (κ2) is 63.3. The zero-order valence-corrected chi connectivity index (χ0v) is 49.5. The monoisotopic (exact) mass is 1050 g/mol. The van der Waals surface area contributed by atoms with Crippen LogP contribution in [0.3, 0.4) is 0 Å². The Bertz CT molecular complexity index is 1590. The van der Waals surface area contributed by atoms with Crippen molar-refractivity contribution in [1.82, 2.24) is 0 Å². The predicted molar refractivity (Wildman–Crippen MR) is 330 cm³/mol. The molecule has 0 heterocycles. The van der Waals surface area contributed by atoms with Crippen LogP contribution < -0.4 is 0 Å². The number of allylic oxidation sites excluding steroid dienone is 20. The minimum atomic E-state index is -0.785. The summed E-state index contributed by atoms with van der Waals surface area (Å²) in [6.07, 6.45) is 88.2. The molecular weight excluding hydrogens is 937 g/mol. The van der Waals surface area contributed by atoms with Crippen molar-refractivity contribution in [2.45, 2.75) is 290 Å². The van der Waals surface area contributed by atoms with E-state index in [2.05, 4.69) is 142 Å². The zero-order valence-electron chi connectivity index (χ0n) is 49.5. The summed E-state index contributed by atoms with van der Waals surface area (Å²) in [6, 6.07) is 0. The van der Waals surface area contributed by atoms with Gasteiger partial charge in [0.25, 0.3) is 0 Å². The van der Waals surface area contributed by atoms with E-state index in [0.717, 1.165) is 141 Å². The Morgan fingerprint density at radius 1 is 0.276 bits per heavy atom. The molecule has 0 saturated heterocycles. The predicted octanol–water partition coefficient (Wildman–Crippen LogP) is 21.6. The van der Waals surface area contributed by atoms with Gasteiger partial charge in [0.2, 0.25) is 0 Å². The molecule has 432 valence electrons. The molecule has 76 heavy (non-hydrogen) atoms. The van der Waals surface area contributed by atoms with E-state index in [0.29, 0.717) is 19.3 Å². The Kier molecular flexibility index (Phi) is 59.9. The fourth-order valence-corrected chi connectivity index (χ4v) is 8.53. The number of ether oxygens (including phenoxy) is 3. The molecular formula is C70H116O6. The molecule has 0 aliphatic carbocycles. The van der Waals surface area contributed by atoms with Crippen molar-refractivity contribution < 1.29 is 28.6 Å². The van der Waals surface area contributed by atoms with Gasteiger partial charge < -0.3 is 14.2 Å². The fraction of sp³-hybridized carbons (Fsp3) is 0.671. The van der Waals surface area contributed by atoms with Crippen molar-refractivity contribution in [3.63, 3.8) is 0 Å². The van der Waals surface area contributed by atoms with Gasteiger partial charge in [-0.1, -0.05) is 290 Å². The van der Waals surface area contributed by atoms with Gasteiger partial charge >= 0.3 is 17.9 Å². The quantitative estimate of drug-likeness (QED) is 0.0261. The van der Waals surface area contributed by atoms with Crippen LogP contribution >= 0.6 is 0 Å². The molecule has 0 rings (SSSR count). The lowest BCUT2D eigenvalue weighted by Gasteiger charge is -2.18. The highest BCUT2D eigenvalue weighted by atomic mass is 16.6. The van der Waals surface area contributed by atoms with Gasteiger partial charge in [0.1, 0.15) is 13.2 Å². The third kappa shape index (κ3) is 60.7. The molecule has 0 aromatic carbocycles. The molecule has 1 unspecified atom stereocenters. The van der Waals surface area contributed by atoms with E-state index >= 15 is 0 Å². The Labute approximate surface area is 469 Å². The second-order valence-corrected chi connectivity index (χ2v) is 20.6. The van der Waals surface area contributed by atoms with Crippen LogP contribution in [0.4, 0.5) is 0 Å². The maximum Gasteiger partial charge on any atom is 0.306 e. The molecule has 0 aromatic rings. The minimum absolute atomic E-state index is 0.0859. The van der Waals surface area contributed by atoms with Crippen molar-refractivity contribution >= 4 is 17.9 Å². The van der Waals surface area contributed by atoms with Gasteiger partial charge in [-0.15, -0.1) is 0 Å². The number of hydrogen-bond donors (Lipinski definition) is 0. The smallest absolute Gasteiger partial charge is 0.306 e. The molecule has 0 bridgehead atoms. The summed E-state index contributed by atoms with van der Waals surface area (Å²) < 4.78 is 16.7. The van der Waals surface area contributed by atoms with Crippen LogP contribution in [-0.4, -0.2) is 37.2 Å². The molecule has 0 aliphatic rings. The van der Waals surface area contributed by atoms with E-state index in [1.165, 1.54) is 103 Å². The number of hydrogen-bond acceptors (Lipinski definition) is 6. The van der Waals surface area contributed by atoms with Crippen molar-refractivity contribution in [2.24, 2.45) is 0 Å². The average molecular weight is 1050 g/mol. The maximum absolute atomic E-state index is 12.8. The molecule has 0 aromatic heterocycles. The van der Waals surface area contributed by atoms with Gasteiger partial charge in [0, 0.05) is 19.3 Å². The highest BCUT2D eigenvalue weighted by Crippen LogP contribution is 2.16. The lowest BCUT2D eigenvalue weighted by atomic mass is 10.0. The summed E-state index contributed by atoms with van der Waals surface area (Å²) in [5.41, 5.74) is 0. The number of carbonyl (C=O) groups excluding carboxylic acids is 3. The summed E-state index contributed by atoms with van der Waals surface area (Å²) in [4.78, 5) is 37.9. The van der Waals surface area contributed by atoms with Crippen LogP contribution in [0.2, 0.25) is 0 Å². The van der Waals surface area contributed by atoms with Crippen LogP contribution in [0, 0.1) is 0 Å². The van der Waals surface area contributed by atoms with Crippen LogP contribution in [0.5, 0.6) is 0 Å². The highest BCUT2D eigenvalue weighted by molar-refractivity contribution is 5.71. The largest absolute Gasteiger partial charge is 0.462 e. The SMILES string of the molecule is CC/C=C\C/C=C\C/C=C\C/C=C\C/C=C\C/C=C\C/C=C\C/C=C\C/C=C\C/C=C\CCCCCCC(=O)OCC(COC(=O)CCCCCCC)OC(=O)CCCCCCCCCCCCCCCCCCCC. The molecule has 1 atom stereocenters. The number of carbonyl (C=O) groups is 3. The van der Waals surface area contributed by atoms with Crippen molar-refractivity contribution in [3.05, 3.63) is 122 Å². The third-order valence-corrected chi connectivity index (χ3v) is 13.2. The molecule has 0 saturated carbocycles. The lowest BCUT2D eigenvalue weighted by Crippen LogP contribution is -2.30. The molecule has 0 amide bonds. The van der Waals surface area contributed by atoms with Gasteiger partial charge in [0.05, 0.1) is 0 Å². The van der Waals surface area contributed by atoms with Gasteiger partial charge in [-0.3, -0.25) is 14.4 Å². The first-order chi connectivity index (χ1) is 37.5. The van der Waals surface area contributed by atoms with Crippen LogP contribution in [-0.2, 0) is 28.6 Å². The number of rotatable bonds is 56. The van der Waals surface area contributed by atoms with Crippen molar-refractivity contribution in [3.8, 4) is 0 Å². The minimum Gasteiger partial charge on any atom is -0.462 e. The van der Waals surface area contributed by atoms with E-state index in [-0.39, 0.29) is 31.1 Å². The van der Waals surface area contributed by atoms with Crippen LogP contribution in [0.25, 0.3) is 0 Å². The first-order valence-electron chi connectivity index (χ1n) is 31.5. The first-order valence-corrected chi connectivity index (χ1v) is 31.5.